The predicted octanol–water partition coefficient (Wildman–Crippen LogP) is 2.57. The molecule has 0 aliphatic rings. The third-order valence-electron chi connectivity index (χ3n) is 1.74. The third kappa shape index (κ3) is 2.10. The van der Waals surface area contributed by atoms with Gasteiger partial charge in [0.25, 0.3) is 0 Å². The topological polar surface area (TPSA) is 34.9 Å². The minimum atomic E-state index is 0.473. The lowest BCUT2D eigenvalue weighted by Gasteiger charge is -1.96. The number of aldehydes is 1. The smallest absolute Gasteiger partial charge is 0.169 e. The Morgan fingerprint density at radius 1 is 1.57 bits per heavy atom. The van der Waals surface area contributed by atoms with Crippen molar-refractivity contribution in [1.82, 2.24) is 9.55 Å². The fourth-order valence-corrected chi connectivity index (χ4v) is 2.63. The SMILES string of the molecule is O=Cc1cn(Cc2ccc(Br)s2)cn1. The number of rotatable bonds is 3. The van der Waals surface area contributed by atoms with Gasteiger partial charge in [-0.2, -0.15) is 0 Å². The molecule has 72 valence electrons. The molecule has 0 aliphatic carbocycles. The van der Waals surface area contributed by atoms with E-state index in [1.165, 1.54) is 4.88 Å². The standard InChI is InChI=1S/C9H7BrN2OS/c10-9-2-1-8(14-9)4-12-3-7(5-13)11-6-12/h1-3,5-6H,4H2. The molecule has 0 atom stereocenters. The van der Waals surface area contributed by atoms with E-state index < -0.39 is 0 Å². The molecule has 0 amide bonds. The van der Waals surface area contributed by atoms with Gasteiger partial charge in [0.05, 0.1) is 16.7 Å². The summed E-state index contributed by atoms with van der Waals surface area (Å²) < 4.78 is 3.00. The normalized spacial score (nSPS) is 10.4. The number of thiophene rings is 1. The van der Waals surface area contributed by atoms with Crippen molar-refractivity contribution in [2.75, 3.05) is 0 Å². The van der Waals surface area contributed by atoms with Crippen LogP contribution in [0.2, 0.25) is 0 Å². The molecule has 2 heterocycles. The molecule has 14 heavy (non-hydrogen) atoms. The number of halogens is 1. The molecule has 0 spiro atoms. The molecular weight excluding hydrogens is 264 g/mol. The molecule has 3 nitrogen and oxygen atoms in total. The van der Waals surface area contributed by atoms with Crippen molar-refractivity contribution in [2.24, 2.45) is 0 Å². The number of aromatic nitrogens is 2. The van der Waals surface area contributed by atoms with E-state index in [0.29, 0.717) is 5.69 Å². The first-order valence-corrected chi connectivity index (χ1v) is 5.60. The maximum Gasteiger partial charge on any atom is 0.169 e. The average molecular weight is 271 g/mol. The van der Waals surface area contributed by atoms with Crippen LogP contribution in [0.1, 0.15) is 15.4 Å². The van der Waals surface area contributed by atoms with Gasteiger partial charge in [-0.1, -0.05) is 0 Å². The van der Waals surface area contributed by atoms with Crippen molar-refractivity contribution in [3.8, 4) is 0 Å². The highest BCUT2D eigenvalue weighted by molar-refractivity contribution is 9.11. The molecule has 0 saturated carbocycles. The predicted molar refractivity (Wildman–Crippen MR) is 58.7 cm³/mol. The summed E-state index contributed by atoms with van der Waals surface area (Å²) in [5.41, 5.74) is 0.473. The first-order valence-electron chi connectivity index (χ1n) is 3.99. The molecule has 0 unspecified atom stereocenters. The van der Waals surface area contributed by atoms with Crippen molar-refractivity contribution in [3.05, 3.63) is 39.0 Å². The molecule has 0 aromatic carbocycles. The van der Waals surface area contributed by atoms with Gasteiger partial charge in [0.2, 0.25) is 0 Å². The number of hydrogen-bond donors (Lipinski definition) is 0. The van der Waals surface area contributed by atoms with E-state index in [1.54, 1.807) is 23.9 Å². The fraction of sp³-hybridized carbons (Fsp3) is 0.111. The number of imidazole rings is 1. The van der Waals surface area contributed by atoms with E-state index in [4.69, 9.17) is 0 Å². The first-order chi connectivity index (χ1) is 6.78. The van der Waals surface area contributed by atoms with Crippen LogP contribution in [0, 0.1) is 0 Å². The summed E-state index contributed by atoms with van der Waals surface area (Å²) in [6.45, 7) is 0.761. The number of hydrogen-bond acceptors (Lipinski definition) is 3. The van der Waals surface area contributed by atoms with Crippen LogP contribution in [0.3, 0.4) is 0 Å². The van der Waals surface area contributed by atoms with Crippen molar-refractivity contribution < 1.29 is 4.79 Å². The Balaban J connectivity index is 2.14. The Labute approximate surface area is 93.5 Å². The highest BCUT2D eigenvalue weighted by Crippen LogP contribution is 2.22. The van der Waals surface area contributed by atoms with Crippen LogP contribution in [0.4, 0.5) is 0 Å². The maximum atomic E-state index is 10.4. The van der Waals surface area contributed by atoms with Gasteiger partial charge in [0, 0.05) is 11.1 Å². The van der Waals surface area contributed by atoms with Gasteiger partial charge in [-0.25, -0.2) is 4.98 Å². The van der Waals surface area contributed by atoms with Gasteiger partial charge < -0.3 is 4.57 Å². The van der Waals surface area contributed by atoms with Crippen molar-refractivity contribution >= 4 is 33.6 Å². The van der Waals surface area contributed by atoms with E-state index in [9.17, 15) is 4.79 Å². The minimum Gasteiger partial charge on any atom is -0.331 e. The van der Waals surface area contributed by atoms with Crippen LogP contribution >= 0.6 is 27.3 Å². The van der Waals surface area contributed by atoms with Crippen LogP contribution in [-0.4, -0.2) is 15.8 Å². The molecule has 2 rings (SSSR count). The maximum absolute atomic E-state index is 10.4. The molecular formula is C9H7BrN2OS. The van der Waals surface area contributed by atoms with E-state index in [2.05, 4.69) is 27.0 Å². The highest BCUT2D eigenvalue weighted by Gasteiger charge is 2.00. The van der Waals surface area contributed by atoms with Gasteiger partial charge in [-0.3, -0.25) is 4.79 Å². The van der Waals surface area contributed by atoms with Crippen LogP contribution in [0.5, 0.6) is 0 Å². The Morgan fingerprint density at radius 3 is 3.00 bits per heavy atom. The van der Waals surface area contributed by atoms with Crippen LogP contribution in [-0.2, 0) is 6.54 Å². The van der Waals surface area contributed by atoms with E-state index >= 15 is 0 Å². The zero-order valence-corrected chi connectivity index (χ0v) is 9.59. The molecule has 0 saturated heterocycles. The van der Waals surface area contributed by atoms with E-state index in [-0.39, 0.29) is 0 Å². The number of carbonyl (C=O) groups excluding carboxylic acids is 1. The highest BCUT2D eigenvalue weighted by atomic mass is 79.9. The second-order valence-electron chi connectivity index (χ2n) is 2.79. The molecule has 5 heteroatoms. The first kappa shape index (κ1) is 9.61. The van der Waals surface area contributed by atoms with Crippen LogP contribution in [0.25, 0.3) is 0 Å². The van der Waals surface area contributed by atoms with Gasteiger partial charge in [-0.05, 0) is 28.1 Å². The van der Waals surface area contributed by atoms with Crippen molar-refractivity contribution in [1.29, 1.82) is 0 Å². The monoisotopic (exact) mass is 270 g/mol. The summed E-state index contributed by atoms with van der Waals surface area (Å²) >= 11 is 5.08. The Morgan fingerprint density at radius 2 is 2.43 bits per heavy atom. The molecule has 2 aromatic rings. The molecule has 0 radical (unpaired) electrons. The van der Waals surface area contributed by atoms with E-state index in [0.717, 1.165) is 16.6 Å². The molecule has 0 bridgehead atoms. The zero-order chi connectivity index (χ0) is 9.97. The molecule has 2 aromatic heterocycles. The summed E-state index contributed by atoms with van der Waals surface area (Å²) in [6, 6.07) is 4.06. The summed E-state index contributed by atoms with van der Waals surface area (Å²) in [5, 5.41) is 0. The Kier molecular flexibility index (Phi) is 2.79. The summed E-state index contributed by atoms with van der Waals surface area (Å²) in [4.78, 5) is 15.5. The summed E-state index contributed by atoms with van der Waals surface area (Å²) in [5.74, 6) is 0. The molecule has 0 fully saturated rings. The fourth-order valence-electron chi connectivity index (χ4n) is 1.14. The quantitative estimate of drug-likeness (QED) is 0.804. The van der Waals surface area contributed by atoms with Crippen molar-refractivity contribution in [3.63, 3.8) is 0 Å². The second-order valence-corrected chi connectivity index (χ2v) is 5.34. The molecule has 0 N–H and O–H groups in total. The van der Waals surface area contributed by atoms with Crippen LogP contribution in [0.15, 0.2) is 28.4 Å². The number of carbonyl (C=O) groups is 1. The largest absolute Gasteiger partial charge is 0.331 e. The van der Waals surface area contributed by atoms with Gasteiger partial charge >= 0.3 is 0 Å². The summed E-state index contributed by atoms with van der Waals surface area (Å²) in [7, 11) is 0. The third-order valence-corrected chi connectivity index (χ3v) is 3.35. The van der Waals surface area contributed by atoms with Gasteiger partial charge in [0.15, 0.2) is 6.29 Å². The summed E-state index contributed by atoms with van der Waals surface area (Å²) in [6.07, 6.45) is 4.15. The number of nitrogens with zero attached hydrogens (tertiary/aromatic N) is 2. The lowest BCUT2D eigenvalue weighted by molar-refractivity contribution is 0.111. The minimum absolute atomic E-state index is 0.473. The molecule has 0 aliphatic heterocycles. The lowest BCUT2D eigenvalue weighted by atomic mass is 10.4. The second kappa shape index (κ2) is 4.06. The Hall–Kier alpha value is -0.940. The zero-order valence-electron chi connectivity index (χ0n) is 7.18. The van der Waals surface area contributed by atoms with Gasteiger partial charge in [0.1, 0.15) is 5.69 Å². The average Bonchev–Trinajstić information content (AvgIpc) is 2.76. The lowest BCUT2D eigenvalue weighted by Crippen LogP contribution is -1.93. The van der Waals surface area contributed by atoms with Crippen LogP contribution < -0.4 is 0 Å². The van der Waals surface area contributed by atoms with Gasteiger partial charge in [-0.15, -0.1) is 11.3 Å². The Bertz CT molecular complexity index is 449. The van der Waals surface area contributed by atoms with E-state index in [1.807, 2.05) is 10.6 Å². The van der Waals surface area contributed by atoms with Crippen molar-refractivity contribution in [2.45, 2.75) is 6.54 Å².